The van der Waals surface area contributed by atoms with Gasteiger partial charge in [0.05, 0.1) is 23.4 Å². The predicted molar refractivity (Wildman–Crippen MR) is 101 cm³/mol. The largest absolute Gasteiger partial charge is 0.472 e. The van der Waals surface area contributed by atoms with Crippen LogP contribution < -0.4 is 5.32 Å². The summed E-state index contributed by atoms with van der Waals surface area (Å²) in [6.45, 7) is 8.64. The molecule has 3 rings (SSSR count). The van der Waals surface area contributed by atoms with Crippen LogP contribution in [0, 0.1) is 25.7 Å². The van der Waals surface area contributed by atoms with Crippen molar-refractivity contribution >= 4 is 11.8 Å². The van der Waals surface area contributed by atoms with Crippen LogP contribution in [0.4, 0.5) is 0 Å². The topological polar surface area (TPSA) is 80.4 Å². The molecule has 1 aliphatic rings. The highest BCUT2D eigenvalue weighted by atomic mass is 16.3. The van der Waals surface area contributed by atoms with Crippen LogP contribution in [0.1, 0.15) is 41.5 Å². The summed E-state index contributed by atoms with van der Waals surface area (Å²) in [5, 5.41) is 7.53. The molecule has 1 N–H and O–H groups in total. The minimum atomic E-state index is -0.157. The highest BCUT2D eigenvalue weighted by Gasteiger charge is 2.29. The summed E-state index contributed by atoms with van der Waals surface area (Å²) < 4.78 is 6.97. The van der Waals surface area contributed by atoms with Crippen molar-refractivity contribution < 1.29 is 14.0 Å². The van der Waals surface area contributed by atoms with E-state index in [0.717, 1.165) is 30.8 Å². The molecule has 2 aromatic rings. The lowest BCUT2D eigenvalue weighted by Gasteiger charge is -2.32. The van der Waals surface area contributed by atoms with Gasteiger partial charge in [-0.2, -0.15) is 5.10 Å². The normalized spacial score (nSPS) is 18.3. The number of hydrogen-bond acceptors (Lipinski definition) is 4. The maximum absolute atomic E-state index is 12.6. The van der Waals surface area contributed by atoms with E-state index in [1.54, 1.807) is 11.0 Å². The van der Waals surface area contributed by atoms with E-state index in [1.807, 2.05) is 18.5 Å². The van der Waals surface area contributed by atoms with Crippen LogP contribution in [0.5, 0.6) is 0 Å². The van der Waals surface area contributed by atoms with Gasteiger partial charge in [0.2, 0.25) is 5.91 Å². The second-order valence-corrected chi connectivity index (χ2v) is 7.56. The second kappa shape index (κ2) is 8.41. The van der Waals surface area contributed by atoms with Crippen LogP contribution in [0.3, 0.4) is 0 Å². The number of piperidine rings is 1. The summed E-state index contributed by atoms with van der Waals surface area (Å²) in [7, 11) is 0. The molecule has 1 saturated heterocycles. The molecule has 0 aromatic carbocycles. The fraction of sp³-hybridized carbons (Fsp3) is 0.550. The van der Waals surface area contributed by atoms with Crippen LogP contribution in [-0.4, -0.2) is 46.1 Å². The third kappa shape index (κ3) is 4.78. The molecule has 1 fully saturated rings. The summed E-state index contributed by atoms with van der Waals surface area (Å²) in [5.41, 5.74) is 2.68. The first-order chi connectivity index (χ1) is 12.9. The van der Waals surface area contributed by atoms with Crippen molar-refractivity contribution in [1.82, 2.24) is 20.0 Å². The van der Waals surface area contributed by atoms with Gasteiger partial charge in [0.25, 0.3) is 5.91 Å². The summed E-state index contributed by atoms with van der Waals surface area (Å²) in [6, 6.07) is 3.71. The van der Waals surface area contributed by atoms with Crippen LogP contribution in [0.15, 0.2) is 29.1 Å². The van der Waals surface area contributed by atoms with Gasteiger partial charge >= 0.3 is 0 Å². The molecule has 146 valence electrons. The van der Waals surface area contributed by atoms with Gasteiger partial charge in [0.15, 0.2) is 0 Å². The van der Waals surface area contributed by atoms with E-state index in [2.05, 4.69) is 23.4 Å². The van der Waals surface area contributed by atoms with Gasteiger partial charge in [0.1, 0.15) is 6.26 Å². The third-order valence-electron chi connectivity index (χ3n) is 5.06. The van der Waals surface area contributed by atoms with E-state index < -0.39 is 0 Å². The van der Waals surface area contributed by atoms with Gasteiger partial charge in [-0.1, -0.05) is 6.92 Å². The van der Waals surface area contributed by atoms with Gasteiger partial charge in [-0.25, -0.2) is 0 Å². The molecule has 3 heterocycles. The first-order valence-electron chi connectivity index (χ1n) is 9.54. The summed E-state index contributed by atoms with van der Waals surface area (Å²) >= 11 is 0. The molecule has 2 atom stereocenters. The molecule has 0 spiro atoms. The van der Waals surface area contributed by atoms with Crippen molar-refractivity contribution in [3.05, 3.63) is 41.6 Å². The Kier molecular flexibility index (Phi) is 5.98. The van der Waals surface area contributed by atoms with Crippen LogP contribution in [0.25, 0.3) is 0 Å². The molecule has 7 nitrogen and oxygen atoms in total. The second-order valence-electron chi connectivity index (χ2n) is 7.56. The Labute approximate surface area is 159 Å². The lowest BCUT2D eigenvalue weighted by Crippen LogP contribution is -2.46. The van der Waals surface area contributed by atoms with E-state index in [-0.39, 0.29) is 23.7 Å². The fourth-order valence-corrected chi connectivity index (χ4v) is 3.58. The number of aryl methyl sites for hydroxylation is 2. The molecule has 2 amide bonds. The molecular weight excluding hydrogens is 344 g/mol. The highest BCUT2D eigenvalue weighted by Crippen LogP contribution is 2.19. The number of aromatic nitrogens is 2. The molecule has 2 unspecified atom stereocenters. The SMILES string of the molecule is Cc1cc(C)n(CC(C)CNC(=O)C2CCCN(C(=O)c3ccoc3)C2)n1. The summed E-state index contributed by atoms with van der Waals surface area (Å²) in [5.74, 6) is 0.0775. The van der Waals surface area contributed by atoms with Crippen molar-refractivity contribution in [2.24, 2.45) is 11.8 Å². The Hall–Kier alpha value is -2.57. The Morgan fingerprint density at radius 1 is 1.41 bits per heavy atom. The maximum atomic E-state index is 12.6. The molecule has 0 bridgehead atoms. The van der Waals surface area contributed by atoms with Crippen molar-refractivity contribution in [3.63, 3.8) is 0 Å². The predicted octanol–water partition coefficient (Wildman–Crippen LogP) is 2.40. The summed E-state index contributed by atoms with van der Waals surface area (Å²) in [4.78, 5) is 26.8. The smallest absolute Gasteiger partial charge is 0.257 e. The molecule has 7 heteroatoms. The number of furan rings is 1. The summed E-state index contributed by atoms with van der Waals surface area (Å²) in [6.07, 6.45) is 4.59. The maximum Gasteiger partial charge on any atom is 0.257 e. The average Bonchev–Trinajstić information content (AvgIpc) is 3.29. The van der Waals surface area contributed by atoms with Gasteiger partial charge in [-0.05, 0) is 44.7 Å². The fourth-order valence-electron chi connectivity index (χ4n) is 3.58. The molecule has 0 aliphatic carbocycles. The zero-order valence-electron chi connectivity index (χ0n) is 16.3. The number of amides is 2. The standard InChI is InChI=1S/C20H28N4O3/c1-14(11-24-16(3)9-15(2)22-24)10-21-19(25)17-5-4-7-23(12-17)20(26)18-6-8-27-13-18/h6,8-9,13-14,17H,4-5,7,10-12H2,1-3H3,(H,21,25). The van der Waals surface area contributed by atoms with E-state index >= 15 is 0 Å². The zero-order chi connectivity index (χ0) is 19.4. The van der Waals surface area contributed by atoms with Gasteiger partial charge in [0, 0.05) is 31.9 Å². The zero-order valence-corrected chi connectivity index (χ0v) is 16.3. The number of likely N-dealkylation sites (tertiary alicyclic amines) is 1. The van der Waals surface area contributed by atoms with Crippen molar-refractivity contribution in [3.8, 4) is 0 Å². The quantitative estimate of drug-likeness (QED) is 0.844. The van der Waals surface area contributed by atoms with Crippen molar-refractivity contribution in [2.45, 2.75) is 40.2 Å². The molecule has 0 radical (unpaired) electrons. The van der Waals surface area contributed by atoms with E-state index in [0.29, 0.717) is 25.2 Å². The van der Waals surface area contributed by atoms with E-state index in [4.69, 9.17) is 4.42 Å². The monoisotopic (exact) mass is 372 g/mol. The highest BCUT2D eigenvalue weighted by molar-refractivity contribution is 5.94. The minimum Gasteiger partial charge on any atom is -0.472 e. The molecule has 27 heavy (non-hydrogen) atoms. The number of carbonyl (C=O) groups is 2. The van der Waals surface area contributed by atoms with Crippen molar-refractivity contribution in [2.75, 3.05) is 19.6 Å². The molecule has 2 aromatic heterocycles. The molecule has 0 saturated carbocycles. The number of nitrogens with zero attached hydrogens (tertiary/aromatic N) is 3. The van der Waals surface area contributed by atoms with E-state index in [9.17, 15) is 9.59 Å². The number of carbonyl (C=O) groups excluding carboxylic acids is 2. The minimum absolute atomic E-state index is 0.0277. The van der Waals surface area contributed by atoms with Gasteiger partial charge in [-0.3, -0.25) is 14.3 Å². The van der Waals surface area contributed by atoms with Crippen LogP contribution in [0.2, 0.25) is 0 Å². The lowest BCUT2D eigenvalue weighted by atomic mass is 9.96. The first kappa shape index (κ1) is 19.2. The van der Waals surface area contributed by atoms with Gasteiger partial charge in [-0.15, -0.1) is 0 Å². The lowest BCUT2D eigenvalue weighted by molar-refractivity contribution is -0.126. The number of rotatable bonds is 6. The van der Waals surface area contributed by atoms with Gasteiger partial charge < -0.3 is 14.6 Å². The first-order valence-corrected chi connectivity index (χ1v) is 9.54. The Morgan fingerprint density at radius 2 is 2.22 bits per heavy atom. The Morgan fingerprint density at radius 3 is 2.89 bits per heavy atom. The molecule has 1 aliphatic heterocycles. The average molecular weight is 372 g/mol. The molecular formula is C20H28N4O3. The third-order valence-corrected chi connectivity index (χ3v) is 5.06. The number of nitrogens with one attached hydrogen (secondary N) is 1. The van der Waals surface area contributed by atoms with E-state index in [1.165, 1.54) is 12.5 Å². The van der Waals surface area contributed by atoms with Crippen molar-refractivity contribution in [1.29, 1.82) is 0 Å². The number of hydrogen-bond donors (Lipinski definition) is 1. The Bertz CT molecular complexity index is 781. The Balaban J connectivity index is 1.48. The van der Waals surface area contributed by atoms with Crippen LogP contribution in [-0.2, 0) is 11.3 Å². The van der Waals surface area contributed by atoms with Crippen LogP contribution >= 0.6 is 0 Å².